The topological polar surface area (TPSA) is 104 Å². The number of ketones is 2. The maximum atomic E-state index is 13.1. The predicted molar refractivity (Wildman–Crippen MR) is 87.8 cm³/mol. The van der Waals surface area contributed by atoms with E-state index in [9.17, 15) is 24.9 Å². The van der Waals surface area contributed by atoms with Crippen molar-refractivity contribution in [2.75, 3.05) is 7.11 Å². The standard InChI is InChI=1S/C19H18O6/c1-25-12-4-2-3-10-13(12)19(24)15-14(17(10)22)18(23)11-7-8(20)5-6-9(11)16(15)21/h2-4,8,14-15,20-21,23H,5-7H2,1H3. The molecule has 0 spiro atoms. The van der Waals surface area contributed by atoms with E-state index < -0.39 is 29.5 Å². The van der Waals surface area contributed by atoms with Crippen LogP contribution in [0.15, 0.2) is 40.9 Å². The Kier molecular flexibility index (Phi) is 3.47. The Morgan fingerprint density at radius 1 is 1.04 bits per heavy atom. The summed E-state index contributed by atoms with van der Waals surface area (Å²) in [7, 11) is 1.41. The normalized spacial score (nSPS) is 28.5. The highest BCUT2D eigenvalue weighted by atomic mass is 16.5. The van der Waals surface area contributed by atoms with Crippen LogP contribution in [0.25, 0.3) is 0 Å². The zero-order chi connectivity index (χ0) is 17.9. The van der Waals surface area contributed by atoms with Crippen molar-refractivity contribution in [1.29, 1.82) is 0 Å². The summed E-state index contributed by atoms with van der Waals surface area (Å²) >= 11 is 0. The van der Waals surface area contributed by atoms with E-state index >= 15 is 0 Å². The highest BCUT2D eigenvalue weighted by Gasteiger charge is 2.51. The second-order valence-corrected chi connectivity index (χ2v) is 6.69. The van der Waals surface area contributed by atoms with E-state index in [4.69, 9.17) is 4.74 Å². The molecular weight excluding hydrogens is 324 g/mol. The van der Waals surface area contributed by atoms with Crippen molar-refractivity contribution < 1.29 is 29.6 Å². The van der Waals surface area contributed by atoms with Gasteiger partial charge in [0.15, 0.2) is 11.6 Å². The SMILES string of the molecule is COc1cccc2c1C(=O)C1C(O)=C3CCC(O)CC3=C(O)C1C2=O. The van der Waals surface area contributed by atoms with Gasteiger partial charge in [-0.3, -0.25) is 9.59 Å². The minimum absolute atomic E-state index is 0.149. The monoisotopic (exact) mass is 342 g/mol. The van der Waals surface area contributed by atoms with Crippen LogP contribution in [0.3, 0.4) is 0 Å². The average molecular weight is 342 g/mol. The van der Waals surface area contributed by atoms with Gasteiger partial charge in [0.25, 0.3) is 0 Å². The molecule has 3 unspecified atom stereocenters. The summed E-state index contributed by atoms with van der Waals surface area (Å²) in [5.74, 6) is -3.22. The highest BCUT2D eigenvalue weighted by molar-refractivity contribution is 6.19. The number of aliphatic hydroxyl groups excluding tert-OH is 3. The Morgan fingerprint density at radius 2 is 1.72 bits per heavy atom. The van der Waals surface area contributed by atoms with Gasteiger partial charge in [0, 0.05) is 12.0 Å². The Labute approximate surface area is 144 Å². The molecule has 6 nitrogen and oxygen atoms in total. The van der Waals surface area contributed by atoms with Gasteiger partial charge in [-0.1, -0.05) is 12.1 Å². The third-order valence-corrected chi connectivity index (χ3v) is 5.40. The van der Waals surface area contributed by atoms with E-state index in [1.807, 2.05) is 0 Å². The van der Waals surface area contributed by atoms with E-state index in [1.165, 1.54) is 13.2 Å². The van der Waals surface area contributed by atoms with E-state index in [2.05, 4.69) is 0 Å². The summed E-state index contributed by atoms with van der Waals surface area (Å²) in [5.41, 5.74) is 1.20. The van der Waals surface area contributed by atoms with Crippen LogP contribution in [0.5, 0.6) is 5.75 Å². The molecule has 6 heteroatoms. The number of fused-ring (bicyclic) bond motifs is 3. The van der Waals surface area contributed by atoms with Gasteiger partial charge in [-0.2, -0.15) is 0 Å². The molecule has 1 aromatic rings. The summed E-state index contributed by atoms with van der Waals surface area (Å²) in [5, 5.41) is 31.3. The second kappa shape index (κ2) is 5.46. The van der Waals surface area contributed by atoms with Crippen molar-refractivity contribution in [3.05, 3.63) is 52.0 Å². The Balaban J connectivity index is 1.94. The van der Waals surface area contributed by atoms with Crippen LogP contribution in [0.1, 0.15) is 40.0 Å². The van der Waals surface area contributed by atoms with Crippen LogP contribution in [-0.2, 0) is 0 Å². The third kappa shape index (κ3) is 2.07. The molecule has 3 aliphatic carbocycles. The Hall–Kier alpha value is -2.60. The van der Waals surface area contributed by atoms with Crippen LogP contribution in [0.2, 0.25) is 0 Å². The van der Waals surface area contributed by atoms with Gasteiger partial charge >= 0.3 is 0 Å². The van der Waals surface area contributed by atoms with E-state index in [0.717, 1.165) is 0 Å². The number of ether oxygens (including phenoxy) is 1. The molecular formula is C19H18O6. The molecule has 0 amide bonds. The molecule has 1 aromatic carbocycles. The van der Waals surface area contributed by atoms with Crippen molar-refractivity contribution in [2.45, 2.75) is 25.4 Å². The second-order valence-electron chi connectivity index (χ2n) is 6.69. The number of methoxy groups -OCH3 is 1. The zero-order valence-corrected chi connectivity index (χ0v) is 13.7. The lowest BCUT2D eigenvalue weighted by atomic mass is 9.65. The fourth-order valence-corrected chi connectivity index (χ4v) is 4.19. The lowest BCUT2D eigenvalue weighted by Crippen LogP contribution is -2.42. The smallest absolute Gasteiger partial charge is 0.179 e. The molecule has 130 valence electrons. The maximum Gasteiger partial charge on any atom is 0.179 e. The highest BCUT2D eigenvalue weighted by Crippen LogP contribution is 2.48. The van der Waals surface area contributed by atoms with Crippen molar-refractivity contribution in [1.82, 2.24) is 0 Å². The zero-order valence-electron chi connectivity index (χ0n) is 13.7. The van der Waals surface area contributed by atoms with Crippen LogP contribution in [0, 0.1) is 11.8 Å². The quantitative estimate of drug-likeness (QED) is 0.724. The van der Waals surface area contributed by atoms with Crippen molar-refractivity contribution in [2.24, 2.45) is 11.8 Å². The molecule has 0 aliphatic heterocycles. The van der Waals surface area contributed by atoms with Crippen LogP contribution in [0.4, 0.5) is 0 Å². The summed E-state index contributed by atoms with van der Waals surface area (Å²) in [6, 6.07) is 4.73. The summed E-state index contributed by atoms with van der Waals surface area (Å²) < 4.78 is 5.22. The molecule has 0 saturated heterocycles. The van der Waals surface area contributed by atoms with Gasteiger partial charge in [0.05, 0.1) is 30.6 Å². The first kappa shape index (κ1) is 15.9. The number of hydrogen-bond donors (Lipinski definition) is 3. The van der Waals surface area contributed by atoms with Gasteiger partial charge in [-0.05, 0) is 30.1 Å². The fourth-order valence-electron chi connectivity index (χ4n) is 4.19. The molecule has 4 rings (SSSR count). The van der Waals surface area contributed by atoms with E-state index in [-0.39, 0.29) is 34.8 Å². The number of carbonyl (C=O) groups excluding carboxylic acids is 2. The summed E-state index contributed by atoms with van der Waals surface area (Å²) in [6.07, 6.45) is 0.332. The minimum Gasteiger partial charge on any atom is -0.511 e. The molecule has 1 fully saturated rings. The number of aliphatic hydroxyl groups is 3. The molecule has 25 heavy (non-hydrogen) atoms. The number of rotatable bonds is 1. The fraction of sp³-hybridized carbons (Fsp3) is 0.368. The van der Waals surface area contributed by atoms with Gasteiger partial charge in [-0.15, -0.1) is 0 Å². The first-order chi connectivity index (χ1) is 12.0. The average Bonchev–Trinajstić information content (AvgIpc) is 2.61. The van der Waals surface area contributed by atoms with Crippen molar-refractivity contribution >= 4 is 11.6 Å². The predicted octanol–water partition coefficient (Wildman–Crippen LogP) is 2.49. The Bertz CT molecular complexity index is 863. The van der Waals surface area contributed by atoms with Crippen molar-refractivity contribution in [3.8, 4) is 5.75 Å². The molecule has 3 aliphatic rings. The largest absolute Gasteiger partial charge is 0.511 e. The number of Topliss-reactive ketones (excluding diaryl/α,β-unsaturated/α-hetero) is 2. The first-order valence-electron chi connectivity index (χ1n) is 8.23. The molecule has 1 saturated carbocycles. The minimum atomic E-state index is -1.14. The lowest BCUT2D eigenvalue weighted by Gasteiger charge is -2.38. The van der Waals surface area contributed by atoms with Crippen LogP contribution >= 0.6 is 0 Å². The van der Waals surface area contributed by atoms with Crippen LogP contribution < -0.4 is 4.74 Å². The summed E-state index contributed by atoms with van der Waals surface area (Å²) in [4.78, 5) is 26.0. The lowest BCUT2D eigenvalue weighted by molar-refractivity contribution is 0.0686. The third-order valence-electron chi connectivity index (χ3n) is 5.40. The number of allylic oxidation sites excluding steroid dienone is 3. The van der Waals surface area contributed by atoms with Crippen LogP contribution in [-0.4, -0.2) is 40.1 Å². The molecule has 3 atom stereocenters. The molecule has 0 radical (unpaired) electrons. The number of carbonyl (C=O) groups is 2. The number of hydrogen-bond acceptors (Lipinski definition) is 6. The molecule has 0 heterocycles. The summed E-state index contributed by atoms with van der Waals surface area (Å²) in [6.45, 7) is 0. The van der Waals surface area contributed by atoms with Gasteiger partial charge < -0.3 is 20.1 Å². The van der Waals surface area contributed by atoms with E-state index in [0.29, 0.717) is 24.0 Å². The number of benzene rings is 1. The molecule has 0 aromatic heterocycles. The van der Waals surface area contributed by atoms with E-state index in [1.54, 1.807) is 12.1 Å². The first-order valence-corrected chi connectivity index (χ1v) is 8.23. The maximum absolute atomic E-state index is 13.1. The molecule has 0 bridgehead atoms. The molecule has 3 N–H and O–H groups in total. The van der Waals surface area contributed by atoms with Gasteiger partial charge in [0.2, 0.25) is 0 Å². The Morgan fingerprint density at radius 3 is 2.44 bits per heavy atom. The van der Waals surface area contributed by atoms with Gasteiger partial charge in [0.1, 0.15) is 17.3 Å². The van der Waals surface area contributed by atoms with Gasteiger partial charge in [-0.25, -0.2) is 0 Å². The van der Waals surface area contributed by atoms with Crippen molar-refractivity contribution in [3.63, 3.8) is 0 Å².